The molecule has 1 amide bonds. The van der Waals surface area contributed by atoms with E-state index in [1.165, 1.54) is 10.2 Å². The maximum atomic E-state index is 12.6. The van der Waals surface area contributed by atoms with E-state index in [2.05, 4.69) is 31.3 Å². The van der Waals surface area contributed by atoms with Crippen LogP contribution in [0.1, 0.15) is 59.2 Å². The number of nitrogens with zero attached hydrogens (tertiary/aromatic N) is 3. The van der Waals surface area contributed by atoms with Crippen molar-refractivity contribution in [2.45, 2.75) is 46.5 Å². The lowest BCUT2D eigenvalue weighted by molar-refractivity contribution is 0.0951. The van der Waals surface area contributed by atoms with E-state index in [1.54, 1.807) is 24.3 Å². The van der Waals surface area contributed by atoms with Gasteiger partial charge in [0.25, 0.3) is 5.91 Å². The number of aromatic amines is 1. The minimum Gasteiger partial charge on any atom is -0.493 e. The lowest BCUT2D eigenvalue weighted by Gasteiger charge is -2.10. The van der Waals surface area contributed by atoms with E-state index in [-0.39, 0.29) is 18.4 Å². The molecule has 0 bridgehead atoms. The molecule has 2 aromatic heterocycles. The molecule has 0 saturated carbocycles. The average molecular weight is 569 g/mol. The number of rotatable bonds is 13. The maximum Gasteiger partial charge on any atom is 0.251 e. The molecule has 0 radical (unpaired) electrons. The Morgan fingerprint density at radius 1 is 1.15 bits per heavy atom. The van der Waals surface area contributed by atoms with Crippen LogP contribution in [0.2, 0.25) is 0 Å². The molecule has 40 heavy (non-hydrogen) atoms. The third-order valence-corrected chi connectivity index (χ3v) is 7.01. The number of nitrogens with one attached hydrogen (secondary N) is 3. The van der Waals surface area contributed by atoms with Crippen LogP contribution in [-0.4, -0.2) is 60.1 Å². The summed E-state index contributed by atoms with van der Waals surface area (Å²) in [6, 6.07) is 13.0. The second-order valence-electron chi connectivity index (χ2n) is 9.85. The number of fused-ring (bicyclic) bond motifs is 1. The van der Waals surface area contributed by atoms with Gasteiger partial charge in [-0.1, -0.05) is 31.5 Å². The molecule has 0 saturated heterocycles. The van der Waals surface area contributed by atoms with Crippen LogP contribution in [0, 0.1) is 13.8 Å². The van der Waals surface area contributed by atoms with Crippen LogP contribution >= 0.6 is 0 Å². The molecule has 4 aromatic rings. The Kier molecular flexibility index (Phi) is 9.10. The first kappa shape index (κ1) is 29.1. The van der Waals surface area contributed by atoms with E-state index < -0.39 is 10.0 Å². The van der Waals surface area contributed by atoms with Gasteiger partial charge < -0.3 is 14.8 Å². The van der Waals surface area contributed by atoms with E-state index >= 15 is 0 Å². The highest BCUT2D eigenvalue weighted by molar-refractivity contribution is 7.88. The summed E-state index contributed by atoms with van der Waals surface area (Å²) in [4.78, 5) is 17.2. The van der Waals surface area contributed by atoms with Gasteiger partial charge in [-0.15, -0.1) is 9.73 Å². The van der Waals surface area contributed by atoms with E-state index in [0.717, 1.165) is 23.3 Å². The van der Waals surface area contributed by atoms with Crippen molar-refractivity contribution in [1.82, 2.24) is 29.9 Å². The molecular formula is C28H36N6O5S. The Morgan fingerprint density at radius 3 is 2.58 bits per heavy atom. The van der Waals surface area contributed by atoms with Gasteiger partial charge in [0.05, 0.1) is 18.6 Å². The van der Waals surface area contributed by atoms with Crippen molar-refractivity contribution in [2.75, 3.05) is 26.0 Å². The minimum atomic E-state index is -3.31. The fourth-order valence-corrected chi connectivity index (χ4v) is 4.65. The van der Waals surface area contributed by atoms with Crippen LogP contribution < -0.4 is 19.5 Å². The molecule has 11 nitrogen and oxygen atoms in total. The quantitative estimate of drug-likeness (QED) is 0.208. The van der Waals surface area contributed by atoms with E-state index in [4.69, 9.17) is 9.47 Å². The SMILES string of the molecule is CCc1[nH]n2nc(C(C)CNS(C)(=O)=O)nc2c1Oc1ccc(C(=O)NCCCOc2ccc(C)cc2C)cc1. The zero-order chi connectivity index (χ0) is 28.9. The number of hydrogen-bond acceptors (Lipinski definition) is 7. The topological polar surface area (TPSA) is 140 Å². The number of amides is 1. The number of aryl methyl sites for hydroxylation is 3. The predicted octanol–water partition coefficient (Wildman–Crippen LogP) is 3.88. The Morgan fingerprint density at radius 2 is 1.90 bits per heavy atom. The molecule has 0 aliphatic rings. The van der Waals surface area contributed by atoms with Crippen molar-refractivity contribution in [3.05, 3.63) is 70.7 Å². The standard InChI is InChI=1S/C28H36N6O5S/c1-6-23-25(27-31-26(33-34(27)32-23)20(4)17-30-40(5,36)37)39-22-11-9-21(10-12-22)28(35)29-14-7-15-38-24-13-8-18(2)16-19(24)3/h8-13,16,20,30,32H,6-7,14-15,17H2,1-5H3,(H,29,35). The molecule has 4 rings (SSSR count). The van der Waals surface area contributed by atoms with Crippen molar-refractivity contribution in [2.24, 2.45) is 0 Å². The van der Waals surface area contributed by atoms with E-state index in [9.17, 15) is 13.2 Å². The molecule has 1 atom stereocenters. The van der Waals surface area contributed by atoms with Crippen molar-refractivity contribution < 1.29 is 22.7 Å². The number of carbonyl (C=O) groups excluding carboxylic acids is 1. The molecule has 0 spiro atoms. The van der Waals surface area contributed by atoms with Gasteiger partial charge in [0, 0.05) is 24.6 Å². The Bertz CT molecular complexity index is 1580. The maximum absolute atomic E-state index is 12.6. The molecule has 0 aliphatic heterocycles. The van der Waals surface area contributed by atoms with Crippen molar-refractivity contribution in [3.8, 4) is 17.2 Å². The molecule has 0 fully saturated rings. The normalized spacial score (nSPS) is 12.4. The number of ether oxygens (including phenoxy) is 2. The van der Waals surface area contributed by atoms with Crippen LogP contribution in [-0.2, 0) is 16.4 Å². The first-order valence-electron chi connectivity index (χ1n) is 13.2. The van der Waals surface area contributed by atoms with Crippen LogP contribution in [0.25, 0.3) is 5.65 Å². The summed E-state index contributed by atoms with van der Waals surface area (Å²) in [6.45, 7) is 9.09. The molecule has 1 unspecified atom stereocenters. The first-order chi connectivity index (χ1) is 19.0. The summed E-state index contributed by atoms with van der Waals surface area (Å²) in [5, 5.41) is 10.5. The minimum absolute atomic E-state index is 0.171. The summed E-state index contributed by atoms with van der Waals surface area (Å²) in [5.41, 5.74) is 4.13. The van der Waals surface area contributed by atoms with Crippen molar-refractivity contribution >= 4 is 21.6 Å². The molecule has 0 aliphatic carbocycles. The summed E-state index contributed by atoms with van der Waals surface area (Å²) < 4.78 is 38.9. The van der Waals surface area contributed by atoms with Gasteiger partial charge in [-0.25, -0.2) is 18.1 Å². The van der Waals surface area contributed by atoms with Gasteiger partial charge >= 0.3 is 0 Å². The van der Waals surface area contributed by atoms with E-state index in [1.807, 2.05) is 39.8 Å². The van der Waals surface area contributed by atoms with Crippen LogP contribution in [0.4, 0.5) is 0 Å². The van der Waals surface area contributed by atoms with Gasteiger partial charge in [-0.05, 0) is 62.6 Å². The molecule has 3 N–H and O–H groups in total. The average Bonchev–Trinajstić information content (AvgIpc) is 3.47. The summed E-state index contributed by atoms with van der Waals surface area (Å²) >= 11 is 0. The summed E-state index contributed by atoms with van der Waals surface area (Å²) in [7, 11) is -3.31. The molecule has 12 heteroatoms. The predicted molar refractivity (Wildman–Crippen MR) is 153 cm³/mol. The smallest absolute Gasteiger partial charge is 0.251 e. The molecular weight excluding hydrogens is 532 g/mol. The van der Waals surface area contributed by atoms with Crippen molar-refractivity contribution in [1.29, 1.82) is 0 Å². The Hall–Kier alpha value is -3.90. The van der Waals surface area contributed by atoms with Crippen LogP contribution in [0.3, 0.4) is 0 Å². The zero-order valence-corrected chi connectivity index (χ0v) is 24.3. The van der Waals surface area contributed by atoms with Gasteiger partial charge in [-0.2, -0.15) is 0 Å². The number of hydrogen-bond donors (Lipinski definition) is 3. The summed E-state index contributed by atoms with van der Waals surface area (Å²) in [6.07, 6.45) is 2.46. The number of carbonyl (C=O) groups is 1. The second kappa shape index (κ2) is 12.5. The number of aromatic nitrogens is 4. The Balaban J connectivity index is 1.33. The van der Waals surface area contributed by atoms with Gasteiger partial charge in [0.1, 0.15) is 11.5 Å². The van der Waals surface area contributed by atoms with Crippen molar-refractivity contribution in [3.63, 3.8) is 0 Å². The monoisotopic (exact) mass is 568 g/mol. The fraction of sp³-hybridized carbons (Fsp3) is 0.393. The van der Waals surface area contributed by atoms with Crippen LogP contribution in [0.15, 0.2) is 42.5 Å². The lowest BCUT2D eigenvalue weighted by atomic mass is 10.1. The van der Waals surface area contributed by atoms with E-state index in [0.29, 0.717) is 54.5 Å². The highest BCUT2D eigenvalue weighted by Crippen LogP contribution is 2.30. The number of sulfonamides is 1. The molecule has 214 valence electrons. The molecule has 2 heterocycles. The lowest BCUT2D eigenvalue weighted by Crippen LogP contribution is -2.26. The van der Waals surface area contributed by atoms with Gasteiger partial charge in [-0.3, -0.25) is 9.89 Å². The Labute approximate surface area is 234 Å². The highest BCUT2D eigenvalue weighted by atomic mass is 32.2. The summed E-state index contributed by atoms with van der Waals surface area (Å²) in [5.74, 6) is 2.02. The number of benzene rings is 2. The zero-order valence-electron chi connectivity index (χ0n) is 23.4. The third-order valence-electron chi connectivity index (χ3n) is 6.32. The van der Waals surface area contributed by atoms with Gasteiger partial charge in [0.2, 0.25) is 15.7 Å². The number of H-pyrrole nitrogens is 1. The third kappa shape index (κ3) is 7.39. The first-order valence-corrected chi connectivity index (χ1v) is 15.1. The van der Waals surface area contributed by atoms with Crippen LogP contribution in [0.5, 0.6) is 17.2 Å². The van der Waals surface area contributed by atoms with Gasteiger partial charge in [0.15, 0.2) is 11.6 Å². The molecule has 2 aromatic carbocycles. The second-order valence-corrected chi connectivity index (χ2v) is 11.7. The largest absolute Gasteiger partial charge is 0.493 e. The highest BCUT2D eigenvalue weighted by Gasteiger charge is 2.21. The fourth-order valence-electron chi connectivity index (χ4n) is 4.10.